The van der Waals surface area contributed by atoms with Gasteiger partial charge in [0.15, 0.2) is 5.78 Å². The van der Waals surface area contributed by atoms with Crippen LogP contribution in [0, 0.1) is 6.92 Å². The third-order valence-corrected chi connectivity index (χ3v) is 2.46. The molecule has 0 aliphatic heterocycles. The number of carbonyl (C=O) groups excluding carboxylic acids is 1. The second-order valence-corrected chi connectivity index (χ2v) is 3.86. The van der Waals surface area contributed by atoms with Crippen molar-refractivity contribution in [2.24, 2.45) is 0 Å². The van der Waals surface area contributed by atoms with E-state index in [4.69, 9.17) is 4.74 Å². The number of aromatic nitrogens is 2. The maximum Gasteiger partial charge on any atom is 0.196 e. The van der Waals surface area contributed by atoms with E-state index in [1.807, 2.05) is 19.9 Å². The number of ketones is 1. The van der Waals surface area contributed by atoms with Crippen molar-refractivity contribution in [1.29, 1.82) is 0 Å². The molecule has 0 saturated heterocycles. The molecule has 0 aliphatic carbocycles. The van der Waals surface area contributed by atoms with Crippen molar-refractivity contribution in [3.63, 3.8) is 0 Å². The number of ether oxygens (including phenoxy) is 1. The summed E-state index contributed by atoms with van der Waals surface area (Å²) in [5.41, 5.74) is 1.94. The second-order valence-electron chi connectivity index (χ2n) is 3.86. The monoisotopic (exact) mass is 242 g/mol. The van der Waals surface area contributed by atoms with Gasteiger partial charge in [-0.1, -0.05) is 0 Å². The summed E-state index contributed by atoms with van der Waals surface area (Å²) in [5, 5.41) is 0. The van der Waals surface area contributed by atoms with Gasteiger partial charge in [-0.15, -0.1) is 0 Å². The number of hydrogen-bond donors (Lipinski definition) is 0. The van der Waals surface area contributed by atoms with Crippen molar-refractivity contribution in [3.8, 4) is 5.75 Å². The Kier molecular flexibility index (Phi) is 3.67. The maximum absolute atomic E-state index is 12.2. The third-order valence-electron chi connectivity index (χ3n) is 2.46. The minimum absolute atomic E-state index is 0.100. The molecular weight excluding hydrogens is 228 g/mol. The smallest absolute Gasteiger partial charge is 0.196 e. The maximum atomic E-state index is 12.2. The van der Waals surface area contributed by atoms with Crippen molar-refractivity contribution in [1.82, 2.24) is 9.97 Å². The van der Waals surface area contributed by atoms with Crippen LogP contribution in [0.2, 0.25) is 0 Å². The molecule has 0 saturated carbocycles. The standard InChI is InChI=1S/C14H14N2O2/c1-3-18-13-6-12(7-15-9-13)14(17)11-5-4-10(2)16-8-11/h4-9H,3H2,1-2H3. The first kappa shape index (κ1) is 12.2. The van der Waals surface area contributed by atoms with E-state index in [0.717, 1.165) is 5.69 Å². The molecule has 0 radical (unpaired) electrons. The molecule has 2 aromatic heterocycles. The van der Waals surface area contributed by atoms with Gasteiger partial charge < -0.3 is 4.74 Å². The van der Waals surface area contributed by atoms with Crippen LogP contribution >= 0.6 is 0 Å². The average Bonchev–Trinajstić information content (AvgIpc) is 2.39. The van der Waals surface area contributed by atoms with E-state index in [0.29, 0.717) is 23.5 Å². The summed E-state index contributed by atoms with van der Waals surface area (Å²) in [6.07, 6.45) is 4.70. The summed E-state index contributed by atoms with van der Waals surface area (Å²) in [5.74, 6) is 0.500. The predicted molar refractivity (Wildman–Crippen MR) is 67.8 cm³/mol. The van der Waals surface area contributed by atoms with Gasteiger partial charge in [-0.2, -0.15) is 0 Å². The molecule has 4 nitrogen and oxygen atoms in total. The molecule has 0 fully saturated rings. The van der Waals surface area contributed by atoms with Crippen molar-refractivity contribution in [3.05, 3.63) is 53.6 Å². The number of nitrogens with zero attached hydrogens (tertiary/aromatic N) is 2. The van der Waals surface area contributed by atoms with Gasteiger partial charge in [-0.3, -0.25) is 14.8 Å². The number of pyridine rings is 2. The summed E-state index contributed by atoms with van der Waals surface area (Å²) in [7, 11) is 0. The third kappa shape index (κ3) is 2.71. The normalized spacial score (nSPS) is 10.1. The Morgan fingerprint density at radius 2 is 2.06 bits per heavy atom. The van der Waals surface area contributed by atoms with Crippen molar-refractivity contribution >= 4 is 5.78 Å². The SMILES string of the molecule is CCOc1cncc(C(=O)c2ccc(C)nc2)c1. The largest absolute Gasteiger partial charge is 0.492 e. The molecule has 0 N–H and O–H groups in total. The molecule has 0 spiro atoms. The fraction of sp³-hybridized carbons (Fsp3) is 0.214. The van der Waals surface area contributed by atoms with Crippen LogP contribution in [0.15, 0.2) is 36.8 Å². The Balaban J connectivity index is 2.28. The van der Waals surface area contributed by atoms with E-state index >= 15 is 0 Å². The van der Waals surface area contributed by atoms with Gasteiger partial charge in [-0.25, -0.2) is 0 Å². The number of aryl methyl sites for hydroxylation is 1. The Morgan fingerprint density at radius 1 is 1.22 bits per heavy atom. The molecular formula is C14H14N2O2. The lowest BCUT2D eigenvalue weighted by atomic mass is 10.1. The molecule has 2 aromatic rings. The predicted octanol–water partition coefficient (Wildman–Crippen LogP) is 2.41. The van der Waals surface area contributed by atoms with Crippen molar-refractivity contribution < 1.29 is 9.53 Å². The lowest BCUT2D eigenvalue weighted by molar-refractivity contribution is 0.103. The highest BCUT2D eigenvalue weighted by atomic mass is 16.5. The molecule has 0 unspecified atom stereocenters. The lowest BCUT2D eigenvalue weighted by Gasteiger charge is -2.05. The Labute approximate surface area is 106 Å². The van der Waals surface area contributed by atoms with E-state index in [1.54, 1.807) is 24.5 Å². The quantitative estimate of drug-likeness (QED) is 0.772. The van der Waals surface area contributed by atoms with Crippen LogP contribution in [0.4, 0.5) is 0 Å². The average molecular weight is 242 g/mol. The Bertz CT molecular complexity index is 550. The highest BCUT2D eigenvalue weighted by molar-refractivity contribution is 6.08. The zero-order chi connectivity index (χ0) is 13.0. The highest BCUT2D eigenvalue weighted by Gasteiger charge is 2.10. The van der Waals surface area contributed by atoms with E-state index < -0.39 is 0 Å². The Morgan fingerprint density at radius 3 is 2.72 bits per heavy atom. The zero-order valence-electron chi connectivity index (χ0n) is 10.4. The number of rotatable bonds is 4. The first-order valence-electron chi connectivity index (χ1n) is 5.76. The summed E-state index contributed by atoms with van der Waals surface area (Å²) < 4.78 is 5.32. The van der Waals surface area contributed by atoms with Crippen LogP contribution in [0.5, 0.6) is 5.75 Å². The number of hydrogen-bond acceptors (Lipinski definition) is 4. The summed E-state index contributed by atoms with van der Waals surface area (Å²) in [6.45, 7) is 4.31. The lowest BCUT2D eigenvalue weighted by Crippen LogP contribution is -2.03. The topological polar surface area (TPSA) is 52.1 Å². The van der Waals surface area contributed by atoms with Crippen LogP contribution in [0.1, 0.15) is 28.5 Å². The molecule has 0 aromatic carbocycles. The summed E-state index contributed by atoms with van der Waals surface area (Å²) >= 11 is 0. The molecule has 0 atom stereocenters. The van der Waals surface area contributed by atoms with E-state index in [9.17, 15) is 4.79 Å². The Hall–Kier alpha value is -2.23. The zero-order valence-corrected chi connectivity index (χ0v) is 10.4. The van der Waals surface area contributed by atoms with Crippen LogP contribution in [-0.2, 0) is 0 Å². The first-order valence-corrected chi connectivity index (χ1v) is 5.76. The van der Waals surface area contributed by atoms with Crippen molar-refractivity contribution in [2.45, 2.75) is 13.8 Å². The molecule has 4 heteroatoms. The molecule has 0 bridgehead atoms. The van der Waals surface area contributed by atoms with Gasteiger partial charge in [-0.05, 0) is 32.0 Å². The van der Waals surface area contributed by atoms with Gasteiger partial charge in [0.25, 0.3) is 0 Å². The van der Waals surface area contributed by atoms with E-state index in [1.165, 1.54) is 6.20 Å². The van der Waals surface area contributed by atoms with Gasteiger partial charge in [0.1, 0.15) is 5.75 Å². The van der Waals surface area contributed by atoms with Gasteiger partial charge in [0.05, 0.1) is 12.8 Å². The molecule has 2 heterocycles. The van der Waals surface area contributed by atoms with Gasteiger partial charge in [0.2, 0.25) is 0 Å². The molecule has 0 amide bonds. The second kappa shape index (κ2) is 5.40. The first-order chi connectivity index (χ1) is 8.70. The highest BCUT2D eigenvalue weighted by Crippen LogP contribution is 2.14. The molecule has 18 heavy (non-hydrogen) atoms. The fourth-order valence-electron chi connectivity index (χ4n) is 1.56. The van der Waals surface area contributed by atoms with Crippen LogP contribution in [0.25, 0.3) is 0 Å². The molecule has 2 rings (SSSR count). The van der Waals surface area contributed by atoms with E-state index in [-0.39, 0.29) is 5.78 Å². The van der Waals surface area contributed by atoms with Crippen LogP contribution < -0.4 is 4.74 Å². The summed E-state index contributed by atoms with van der Waals surface area (Å²) in [4.78, 5) is 20.3. The number of carbonyl (C=O) groups is 1. The van der Waals surface area contributed by atoms with Gasteiger partial charge >= 0.3 is 0 Å². The molecule has 92 valence electrons. The fourth-order valence-corrected chi connectivity index (χ4v) is 1.56. The summed E-state index contributed by atoms with van der Waals surface area (Å²) in [6, 6.07) is 5.27. The van der Waals surface area contributed by atoms with Crippen LogP contribution in [0.3, 0.4) is 0 Å². The minimum Gasteiger partial charge on any atom is -0.492 e. The minimum atomic E-state index is -0.100. The van der Waals surface area contributed by atoms with Crippen molar-refractivity contribution in [2.75, 3.05) is 6.61 Å². The van der Waals surface area contributed by atoms with Gasteiger partial charge in [0, 0.05) is 29.2 Å². The molecule has 0 aliphatic rings. The van der Waals surface area contributed by atoms with E-state index in [2.05, 4.69) is 9.97 Å². The van der Waals surface area contributed by atoms with Crippen LogP contribution in [-0.4, -0.2) is 22.4 Å².